The fraction of sp³-hybridized carbons (Fsp3) is 0.954. The molecule has 0 spiro atoms. The van der Waals surface area contributed by atoms with Crippen LogP contribution in [0.15, 0.2) is 0 Å². The molecule has 0 aliphatic rings. The first kappa shape index (κ1) is 97.2. The summed E-state index contributed by atoms with van der Waals surface area (Å²) < 4.78 is 153. The molecule has 2 amide bonds. The van der Waals surface area contributed by atoms with Gasteiger partial charge >= 0.3 is 5.97 Å². The van der Waals surface area contributed by atoms with E-state index in [1.54, 1.807) is 7.11 Å². The molecule has 5 N–H and O–H groups in total. The fourth-order valence-electron chi connectivity index (χ4n) is 7.27. The van der Waals surface area contributed by atoms with Gasteiger partial charge in [-0.1, -0.05) is 0 Å². The number of amides is 2. The van der Waals surface area contributed by atoms with Crippen LogP contribution in [-0.4, -0.2) is 413 Å². The number of carboxylic acids is 1. The zero-order valence-corrected chi connectivity index (χ0v) is 60.2. The number of carbonyl (C=O) groups excluding carboxylic acids is 2. The van der Waals surface area contributed by atoms with Crippen molar-refractivity contribution < 1.29 is 152 Å². The monoisotopic (exact) mass is 1460 g/mol. The minimum atomic E-state index is -1.08. The minimum absolute atomic E-state index is 0.00727. The highest BCUT2D eigenvalue weighted by Crippen LogP contribution is 2.01. The van der Waals surface area contributed by atoms with Crippen LogP contribution in [0.5, 0.6) is 0 Å². The maximum absolute atomic E-state index is 12.7. The molecule has 0 saturated carbocycles. The van der Waals surface area contributed by atoms with Crippen molar-refractivity contribution in [1.29, 1.82) is 0 Å². The van der Waals surface area contributed by atoms with E-state index < -0.39 is 23.8 Å². The Kier molecular flexibility index (Phi) is 86.2. The van der Waals surface area contributed by atoms with Gasteiger partial charge in [0.15, 0.2) is 0 Å². The molecule has 0 rings (SSSR count). The SMILES string of the molecule is COCCOCCOCCOCCOCCOCCOCCOCCOCCOCCOCCOCCOCCOCCOCCOCCOCCOCCOCCOCCOCCOCCOCCOCCNC(=O)[C@H](CCC(=O)O)NC(=O)CCOCCOCCOCCOCCN. The summed E-state index contributed by atoms with van der Waals surface area (Å²) in [6.07, 6.45) is -0.363. The third-order valence-corrected chi connectivity index (χ3v) is 12.3. The van der Waals surface area contributed by atoms with E-state index >= 15 is 0 Å². The van der Waals surface area contributed by atoms with Gasteiger partial charge < -0.3 is 154 Å². The van der Waals surface area contributed by atoms with E-state index in [0.29, 0.717) is 350 Å². The van der Waals surface area contributed by atoms with Crippen LogP contribution in [0.2, 0.25) is 0 Å². The molecule has 0 heterocycles. The number of carbonyl (C=O) groups is 3. The molecular weight excluding hydrogens is 1330 g/mol. The lowest BCUT2D eigenvalue weighted by molar-refractivity contribution is -0.138. The van der Waals surface area contributed by atoms with Gasteiger partial charge in [-0.15, -0.1) is 0 Å². The Balaban J connectivity index is 3.28. The normalized spacial score (nSPS) is 11.9. The molecule has 0 aromatic heterocycles. The number of hydrogen-bond donors (Lipinski definition) is 4. The van der Waals surface area contributed by atoms with Crippen molar-refractivity contribution >= 4 is 17.8 Å². The maximum atomic E-state index is 12.7. The number of rotatable bonds is 91. The highest BCUT2D eigenvalue weighted by molar-refractivity contribution is 5.88. The summed E-state index contributed by atoms with van der Waals surface area (Å²) in [5, 5.41) is 14.4. The van der Waals surface area contributed by atoms with E-state index in [1.165, 1.54) is 0 Å². The Bertz CT molecular complexity index is 1600. The second kappa shape index (κ2) is 88.6. The minimum Gasteiger partial charge on any atom is -0.481 e. The number of nitrogens with two attached hydrogens (primary N) is 1. The number of methoxy groups -OCH3 is 1. The Labute approximate surface area is 593 Å². The Hall–Kier alpha value is -2.75. The van der Waals surface area contributed by atoms with Crippen LogP contribution >= 0.6 is 0 Å². The van der Waals surface area contributed by atoms with E-state index in [0.717, 1.165) is 0 Å². The number of nitrogens with one attached hydrogen (secondary N) is 2. The predicted octanol–water partition coefficient (Wildman–Crippen LogP) is -1.10. The van der Waals surface area contributed by atoms with Gasteiger partial charge in [-0.2, -0.15) is 0 Å². The zero-order valence-electron chi connectivity index (χ0n) is 60.2. The summed E-state index contributed by atoms with van der Waals surface area (Å²) in [7, 11) is 1.64. The lowest BCUT2D eigenvalue weighted by Crippen LogP contribution is -2.47. The maximum Gasteiger partial charge on any atom is 0.303 e. The fourth-order valence-corrected chi connectivity index (χ4v) is 7.27. The summed E-state index contributed by atoms with van der Waals surface area (Å²) in [6.45, 7) is 25.3. The van der Waals surface area contributed by atoms with E-state index in [1.807, 2.05) is 0 Å². The van der Waals surface area contributed by atoms with Gasteiger partial charge in [-0.3, -0.25) is 14.4 Å². The average Bonchev–Trinajstić information content (AvgIpc) is 1.02. The predicted molar refractivity (Wildman–Crippen MR) is 359 cm³/mol. The molecule has 1 atom stereocenters. The van der Waals surface area contributed by atoms with Crippen molar-refractivity contribution in [2.24, 2.45) is 5.73 Å². The van der Waals surface area contributed by atoms with Crippen molar-refractivity contribution in [3.8, 4) is 0 Å². The van der Waals surface area contributed by atoms with Crippen LogP contribution in [0.3, 0.4) is 0 Å². The second-order valence-corrected chi connectivity index (χ2v) is 20.4. The Morgan fingerprint density at radius 3 is 0.630 bits per heavy atom. The van der Waals surface area contributed by atoms with Gasteiger partial charge in [0.05, 0.1) is 363 Å². The summed E-state index contributed by atoms with van der Waals surface area (Å²) in [4.78, 5) is 36.3. The van der Waals surface area contributed by atoms with Crippen molar-refractivity contribution in [2.75, 3.05) is 384 Å². The lowest BCUT2D eigenvalue weighted by atomic mass is 10.1. The smallest absolute Gasteiger partial charge is 0.303 e. The van der Waals surface area contributed by atoms with Crippen molar-refractivity contribution in [1.82, 2.24) is 10.6 Å². The van der Waals surface area contributed by atoms with Gasteiger partial charge in [-0.05, 0) is 6.42 Å². The van der Waals surface area contributed by atoms with Crippen molar-refractivity contribution in [3.63, 3.8) is 0 Å². The largest absolute Gasteiger partial charge is 0.481 e. The third-order valence-electron chi connectivity index (χ3n) is 12.3. The summed E-state index contributed by atoms with van der Waals surface area (Å²) in [5.41, 5.74) is 5.35. The van der Waals surface area contributed by atoms with Crippen LogP contribution in [-0.2, 0) is 147 Å². The molecule has 35 nitrogen and oxygen atoms in total. The lowest BCUT2D eigenvalue weighted by Gasteiger charge is -2.18. The first-order chi connectivity index (χ1) is 49.5. The van der Waals surface area contributed by atoms with Crippen LogP contribution in [0.1, 0.15) is 19.3 Å². The molecule has 0 aliphatic heterocycles. The molecule has 596 valence electrons. The van der Waals surface area contributed by atoms with E-state index in [2.05, 4.69) is 10.6 Å². The van der Waals surface area contributed by atoms with Crippen LogP contribution in [0.4, 0.5) is 0 Å². The molecule has 0 aromatic rings. The molecule has 0 saturated heterocycles. The molecule has 35 heteroatoms. The van der Waals surface area contributed by atoms with E-state index in [-0.39, 0.29) is 45.6 Å². The number of hydrogen-bond acceptors (Lipinski definition) is 32. The second-order valence-electron chi connectivity index (χ2n) is 20.4. The molecule has 0 aromatic carbocycles. The zero-order chi connectivity index (χ0) is 71.9. The standard InChI is InChI=1S/C65H129N3O32/c1-73-10-11-77-18-19-81-24-25-83-28-29-85-32-33-87-36-37-89-40-41-91-44-45-93-48-49-95-52-53-97-56-57-99-60-61-100-59-58-98-55-54-96-51-50-94-47-46-92-43-42-90-39-38-88-35-34-86-31-30-84-27-26-82-23-22-80-17-14-76-9-6-67-65(72)62(2-3-64(70)71)68-63(69)4-7-74-12-15-78-20-21-79-16-13-75-8-5-66/h62H,2-61,66H2,1H3,(H,67,72)(H,68,69)(H,70,71)/t62-/m0/s1. The summed E-state index contributed by atoms with van der Waals surface area (Å²) >= 11 is 0. The highest BCUT2D eigenvalue weighted by atomic mass is 16.6. The van der Waals surface area contributed by atoms with Crippen LogP contribution in [0.25, 0.3) is 0 Å². The molecule has 0 radical (unpaired) electrons. The first-order valence-electron chi connectivity index (χ1n) is 35.1. The number of aliphatic carboxylic acids is 1. The average molecular weight is 1460 g/mol. The topological polar surface area (TPSA) is 380 Å². The van der Waals surface area contributed by atoms with Gasteiger partial charge in [0, 0.05) is 33.0 Å². The molecular formula is C65H129N3O32. The Morgan fingerprint density at radius 1 is 0.260 bits per heavy atom. The van der Waals surface area contributed by atoms with Gasteiger partial charge in [-0.25, -0.2) is 0 Å². The van der Waals surface area contributed by atoms with Crippen molar-refractivity contribution in [3.05, 3.63) is 0 Å². The van der Waals surface area contributed by atoms with Gasteiger partial charge in [0.2, 0.25) is 11.8 Å². The van der Waals surface area contributed by atoms with Crippen LogP contribution in [0, 0.1) is 0 Å². The van der Waals surface area contributed by atoms with Gasteiger partial charge in [0.1, 0.15) is 6.04 Å². The molecule has 0 bridgehead atoms. The highest BCUT2D eigenvalue weighted by Gasteiger charge is 2.21. The summed E-state index contributed by atoms with van der Waals surface area (Å²) in [6, 6.07) is -1.02. The first-order valence-corrected chi connectivity index (χ1v) is 35.1. The number of carboxylic acid groups (broad SMARTS) is 1. The molecule has 0 unspecified atom stereocenters. The van der Waals surface area contributed by atoms with Gasteiger partial charge in [0.25, 0.3) is 0 Å². The summed E-state index contributed by atoms with van der Waals surface area (Å²) in [5.74, 6) is -2.02. The molecule has 0 aliphatic carbocycles. The van der Waals surface area contributed by atoms with E-state index in [9.17, 15) is 14.4 Å². The van der Waals surface area contributed by atoms with Crippen molar-refractivity contribution in [2.45, 2.75) is 25.3 Å². The van der Waals surface area contributed by atoms with E-state index in [4.69, 9.17) is 143 Å². The molecule has 0 fully saturated rings. The molecule has 100 heavy (non-hydrogen) atoms. The Morgan fingerprint density at radius 2 is 0.440 bits per heavy atom. The third kappa shape index (κ3) is 85.9. The quantitative estimate of drug-likeness (QED) is 0.0525. The van der Waals surface area contributed by atoms with Crippen LogP contribution < -0.4 is 16.4 Å². The number of ether oxygens (including phenoxy) is 28.